The molecule has 0 spiro atoms. The van der Waals surface area contributed by atoms with Gasteiger partial charge in [0.1, 0.15) is 29.4 Å². The van der Waals surface area contributed by atoms with Crippen molar-refractivity contribution in [3.63, 3.8) is 0 Å². The first-order valence-electron chi connectivity index (χ1n) is 12.9. The van der Waals surface area contributed by atoms with Crippen LogP contribution in [0, 0.1) is 12.7 Å². The third-order valence-corrected chi connectivity index (χ3v) is 6.84. The summed E-state index contributed by atoms with van der Waals surface area (Å²) in [7, 11) is 0. The number of halogens is 1. The van der Waals surface area contributed by atoms with Crippen molar-refractivity contribution in [2.24, 2.45) is 0 Å². The normalized spacial score (nSPS) is 18.0. The summed E-state index contributed by atoms with van der Waals surface area (Å²) in [5, 5.41) is 7.43. The van der Waals surface area contributed by atoms with Gasteiger partial charge in [-0.25, -0.2) is 18.9 Å². The Hall–Kier alpha value is -4.15. The van der Waals surface area contributed by atoms with Crippen molar-refractivity contribution in [3.8, 4) is 11.4 Å². The highest BCUT2D eigenvalue weighted by Gasteiger charge is 2.33. The Morgan fingerprint density at radius 1 is 1.11 bits per heavy atom. The van der Waals surface area contributed by atoms with Crippen molar-refractivity contribution < 1.29 is 18.7 Å². The second-order valence-corrected chi connectivity index (χ2v) is 9.48. The molecule has 2 aliphatic heterocycles. The number of rotatable bonds is 6. The van der Waals surface area contributed by atoms with Gasteiger partial charge in [0, 0.05) is 56.6 Å². The van der Waals surface area contributed by atoms with E-state index in [1.165, 1.54) is 12.1 Å². The number of nitrogens with zero attached hydrogens (tertiary/aromatic N) is 6. The van der Waals surface area contributed by atoms with Crippen LogP contribution in [0.15, 0.2) is 48.8 Å². The molecule has 5 rings (SSSR count). The molecular weight excluding hydrogens is 489 g/mol. The molecule has 3 heterocycles. The molecule has 200 valence electrons. The maximum atomic E-state index is 13.3. The van der Waals surface area contributed by atoms with Crippen LogP contribution in [0.25, 0.3) is 5.69 Å². The molecule has 1 unspecified atom stereocenters. The maximum absolute atomic E-state index is 13.3. The molecule has 2 saturated heterocycles. The minimum absolute atomic E-state index is 0.0847. The Morgan fingerprint density at radius 3 is 2.63 bits per heavy atom. The highest BCUT2D eigenvalue weighted by atomic mass is 19.1. The molecule has 1 aromatic heterocycles. The lowest BCUT2D eigenvalue weighted by Crippen LogP contribution is -2.47. The van der Waals surface area contributed by atoms with E-state index >= 15 is 0 Å². The number of nitrogens with one attached hydrogen (secondary N) is 1. The smallest absolute Gasteiger partial charge is 0.317 e. The van der Waals surface area contributed by atoms with E-state index in [1.54, 1.807) is 32.9 Å². The molecule has 3 aromatic rings. The molecular formula is C27H32FN7O3. The van der Waals surface area contributed by atoms with Gasteiger partial charge in [0.05, 0.1) is 12.6 Å². The van der Waals surface area contributed by atoms with E-state index < -0.39 is 0 Å². The van der Waals surface area contributed by atoms with Crippen molar-refractivity contribution in [2.75, 3.05) is 49.1 Å². The van der Waals surface area contributed by atoms with Crippen LogP contribution in [-0.2, 0) is 4.79 Å². The van der Waals surface area contributed by atoms with Gasteiger partial charge < -0.3 is 24.8 Å². The topological polar surface area (TPSA) is 95.8 Å². The number of amides is 3. The van der Waals surface area contributed by atoms with E-state index in [0.29, 0.717) is 44.3 Å². The average molecular weight is 522 g/mol. The Morgan fingerprint density at radius 2 is 1.89 bits per heavy atom. The van der Waals surface area contributed by atoms with Crippen LogP contribution in [0.3, 0.4) is 0 Å². The van der Waals surface area contributed by atoms with Gasteiger partial charge >= 0.3 is 6.03 Å². The van der Waals surface area contributed by atoms with Crippen LogP contribution < -0.4 is 19.9 Å². The third-order valence-electron chi connectivity index (χ3n) is 6.84. The van der Waals surface area contributed by atoms with Gasteiger partial charge in [0.2, 0.25) is 5.91 Å². The molecule has 2 aromatic carbocycles. The van der Waals surface area contributed by atoms with E-state index in [2.05, 4.69) is 20.3 Å². The molecule has 0 saturated carbocycles. The van der Waals surface area contributed by atoms with Gasteiger partial charge in [-0.05, 0) is 56.7 Å². The molecule has 0 radical (unpaired) electrons. The minimum Gasteiger partial charge on any atom is -0.492 e. The molecule has 1 N–H and O–H groups in total. The quantitative estimate of drug-likeness (QED) is 0.536. The third kappa shape index (κ3) is 5.56. The number of carbonyl (C=O) groups excluding carboxylic acids is 2. The van der Waals surface area contributed by atoms with Crippen molar-refractivity contribution in [3.05, 3.63) is 60.4 Å². The van der Waals surface area contributed by atoms with E-state index in [1.807, 2.05) is 32.0 Å². The number of aryl methyl sites for hydroxylation is 1. The fraction of sp³-hybridized carbons (Fsp3) is 0.407. The van der Waals surface area contributed by atoms with Gasteiger partial charge in [-0.1, -0.05) is 0 Å². The van der Waals surface area contributed by atoms with Crippen LogP contribution in [0.4, 0.5) is 20.6 Å². The van der Waals surface area contributed by atoms with Crippen LogP contribution >= 0.6 is 0 Å². The van der Waals surface area contributed by atoms with E-state index in [0.717, 1.165) is 30.1 Å². The number of hydrogen-bond donors (Lipinski definition) is 1. The highest BCUT2D eigenvalue weighted by molar-refractivity contribution is 5.96. The zero-order valence-electron chi connectivity index (χ0n) is 21.6. The molecule has 11 heteroatoms. The minimum atomic E-state index is -0.351. The van der Waals surface area contributed by atoms with Crippen LogP contribution in [0.5, 0.6) is 5.75 Å². The first-order valence-corrected chi connectivity index (χ1v) is 12.9. The van der Waals surface area contributed by atoms with Crippen molar-refractivity contribution in [1.82, 2.24) is 25.0 Å². The summed E-state index contributed by atoms with van der Waals surface area (Å²) < 4.78 is 20.9. The molecule has 0 bridgehead atoms. The standard InChI is InChI=1S/C27H32FN7O3/c1-3-38-25-16-23(9-10-24(25)35-18-29-19(2)31-35)32-11-4-12-33(14-13-32)27(37)30-21-15-26(36)34(17-21)22-7-5-20(28)6-8-22/h5-10,16,18,21H,3-4,11-15,17H2,1-2H3,(H,30,37). The number of urea groups is 1. The molecule has 0 aliphatic carbocycles. The lowest BCUT2D eigenvalue weighted by Gasteiger charge is -2.25. The fourth-order valence-corrected chi connectivity index (χ4v) is 4.94. The Bertz CT molecular complexity index is 1300. The number of benzene rings is 2. The Balaban J connectivity index is 1.20. The number of ether oxygens (including phenoxy) is 1. The SMILES string of the molecule is CCOc1cc(N2CCCN(C(=O)NC3CC(=O)N(c4ccc(F)cc4)C3)CC2)ccc1-n1cnc(C)n1. The van der Waals surface area contributed by atoms with Gasteiger partial charge in [-0.15, -0.1) is 0 Å². The summed E-state index contributed by atoms with van der Waals surface area (Å²) in [6.45, 7) is 7.35. The van der Waals surface area contributed by atoms with Crippen LogP contribution in [0.1, 0.15) is 25.6 Å². The predicted molar refractivity (Wildman–Crippen MR) is 141 cm³/mol. The zero-order valence-corrected chi connectivity index (χ0v) is 21.6. The lowest BCUT2D eigenvalue weighted by atomic mass is 10.2. The van der Waals surface area contributed by atoms with Gasteiger partial charge in [0.25, 0.3) is 0 Å². The molecule has 2 aliphatic rings. The largest absolute Gasteiger partial charge is 0.492 e. The summed E-state index contributed by atoms with van der Waals surface area (Å²) in [4.78, 5) is 35.4. The number of carbonyl (C=O) groups is 2. The lowest BCUT2D eigenvalue weighted by molar-refractivity contribution is -0.117. The van der Waals surface area contributed by atoms with E-state index in [-0.39, 0.29) is 30.2 Å². The molecule has 2 fully saturated rings. The van der Waals surface area contributed by atoms with Gasteiger partial charge in [0.15, 0.2) is 0 Å². The molecule has 1 atom stereocenters. The second kappa shape index (κ2) is 11.1. The second-order valence-electron chi connectivity index (χ2n) is 9.48. The summed E-state index contributed by atoms with van der Waals surface area (Å²) in [6.07, 6.45) is 2.71. The summed E-state index contributed by atoms with van der Waals surface area (Å²) >= 11 is 0. The van der Waals surface area contributed by atoms with Crippen molar-refractivity contribution in [2.45, 2.75) is 32.7 Å². The maximum Gasteiger partial charge on any atom is 0.317 e. The first kappa shape index (κ1) is 25.5. The summed E-state index contributed by atoms with van der Waals surface area (Å²) in [6, 6.07) is 11.4. The predicted octanol–water partition coefficient (Wildman–Crippen LogP) is 3.14. The number of anilines is 2. The molecule has 38 heavy (non-hydrogen) atoms. The highest BCUT2D eigenvalue weighted by Crippen LogP contribution is 2.29. The van der Waals surface area contributed by atoms with Crippen LogP contribution in [-0.4, -0.2) is 77.0 Å². The first-order chi connectivity index (χ1) is 18.4. The Kier molecular flexibility index (Phi) is 7.43. The van der Waals surface area contributed by atoms with Crippen molar-refractivity contribution in [1.29, 1.82) is 0 Å². The Labute approximate surface area is 221 Å². The van der Waals surface area contributed by atoms with E-state index in [9.17, 15) is 14.0 Å². The number of hydrogen-bond acceptors (Lipinski definition) is 6. The fourth-order valence-electron chi connectivity index (χ4n) is 4.94. The van der Waals surface area contributed by atoms with Crippen molar-refractivity contribution >= 4 is 23.3 Å². The molecule has 3 amide bonds. The monoisotopic (exact) mass is 521 g/mol. The number of aromatic nitrogens is 3. The summed E-state index contributed by atoms with van der Waals surface area (Å²) in [5.74, 6) is 0.979. The van der Waals surface area contributed by atoms with Gasteiger partial charge in [-0.2, -0.15) is 5.10 Å². The summed E-state index contributed by atoms with van der Waals surface area (Å²) in [5.41, 5.74) is 2.48. The van der Waals surface area contributed by atoms with Crippen LogP contribution in [0.2, 0.25) is 0 Å². The van der Waals surface area contributed by atoms with E-state index in [4.69, 9.17) is 4.74 Å². The zero-order chi connectivity index (χ0) is 26.6. The average Bonchev–Trinajstić information content (AvgIpc) is 3.40. The van der Waals surface area contributed by atoms with Gasteiger partial charge in [-0.3, -0.25) is 4.79 Å². The molecule has 10 nitrogen and oxygen atoms in total.